The van der Waals surface area contributed by atoms with Gasteiger partial charge in [-0.05, 0) is 6.92 Å². The average molecular weight is 270 g/mol. The topological polar surface area (TPSA) is 3.88 Å². The molecule has 1 rings (SSSR count). The van der Waals surface area contributed by atoms with Crippen LogP contribution >= 0.6 is 11.6 Å². The number of aromatic nitrogens is 1. The summed E-state index contributed by atoms with van der Waals surface area (Å²) in [5.74, 6) is 0. The Kier molecular flexibility index (Phi) is 4.20. The van der Waals surface area contributed by atoms with Gasteiger partial charge < -0.3 is 24.0 Å². The molecule has 0 N–H and O–H groups in total. The molecule has 0 radical (unpaired) electrons. The Balaban J connectivity index is 0.000000810. The number of pyridine rings is 1. The van der Waals surface area contributed by atoms with Crippen molar-refractivity contribution < 1.29 is 28.5 Å². The van der Waals surface area contributed by atoms with Crippen LogP contribution in [0.3, 0.4) is 0 Å². The van der Waals surface area contributed by atoms with Gasteiger partial charge in [-0.15, -0.1) is 0 Å². The van der Waals surface area contributed by atoms with Crippen LogP contribution in [0.5, 0.6) is 0 Å². The standard InChI is InChI=1S/C7H9ClN.HI/c1-6-5-9(2)4-3-7(6)8;/h3-5H,1-2H3;1H/q+1;/p-1. The maximum absolute atomic E-state index is 5.77. The lowest BCUT2D eigenvalue weighted by molar-refractivity contribution is -0.671. The zero-order valence-corrected chi connectivity index (χ0v) is 8.85. The third kappa shape index (κ3) is 2.42. The highest BCUT2D eigenvalue weighted by Crippen LogP contribution is 2.09. The molecule has 0 atom stereocenters. The van der Waals surface area contributed by atoms with E-state index in [1.54, 1.807) is 0 Å². The lowest BCUT2D eigenvalue weighted by Gasteiger charge is -1.91. The van der Waals surface area contributed by atoms with E-state index in [9.17, 15) is 0 Å². The van der Waals surface area contributed by atoms with Crippen LogP contribution in [0.2, 0.25) is 5.02 Å². The van der Waals surface area contributed by atoms with Crippen molar-refractivity contribution in [3.8, 4) is 0 Å². The number of nitrogens with zero attached hydrogens (tertiary/aromatic N) is 1. The molecular formula is C7H9ClIN. The third-order valence-electron chi connectivity index (χ3n) is 1.23. The van der Waals surface area contributed by atoms with Crippen molar-refractivity contribution in [2.75, 3.05) is 0 Å². The Morgan fingerprint density at radius 3 is 2.50 bits per heavy atom. The van der Waals surface area contributed by atoms with E-state index in [0.717, 1.165) is 10.6 Å². The van der Waals surface area contributed by atoms with Crippen molar-refractivity contribution in [3.63, 3.8) is 0 Å². The normalized spacial score (nSPS) is 8.70. The molecule has 0 fully saturated rings. The Bertz CT molecular complexity index is 225. The van der Waals surface area contributed by atoms with Crippen LogP contribution in [0.25, 0.3) is 0 Å². The number of rotatable bonds is 0. The maximum atomic E-state index is 5.77. The summed E-state index contributed by atoms with van der Waals surface area (Å²) in [7, 11) is 1.98. The molecule has 0 spiro atoms. The van der Waals surface area contributed by atoms with E-state index >= 15 is 0 Å². The van der Waals surface area contributed by atoms with Gasteiger partial charge in [-0.1, -0.05) is 11.6 Å². The van der Waals surface area contributed by atoms with Gasteiger partial charge in [0.05, 0.1) is 5.02 Å². The molecule has 0 aliphatic heterocycles. The molecule has 1 heterocycles. The molecule has 1 aromatic heterocycles. The Hall–Kier alpha value is 0.170. The van der Waals surface area contributed by atoms with Gasteiger partial charge in [-0.3, -0.25) is 0 Å². The lowest BCUT2D eigenvalue weighted by Crippen LogP contribution is -3.00. The minimum absolute atomic E-state index is 0. The van der Waals surface area contributed by atoms with Crippen LogP contribution in [0.4, 0.5) is 0 Å². The van der Waals surface area contributed by atoms with Crippen molar-refractivity contribution in [2.24, 2.45) is 7.05 Å². The molecule has 10 heavy (non-hydrogen) atoms. The molecule has 1 nitrogen and oxygen atoms in total. The van der Waals surface area contributed by atoms with Crippen molar-refractivity contribution in [3.05, 3.63) is 29.0 Å². The van der Waals surface area contributed by atoms with Gasteiger partial charge in [0.1, 0.15) is 7.05 Å². The Morgan fingerprint density at radius 1 is 1.50 bits per heavy atom. The predicted octanol–water partition coefficient (Wildman–Crippen LogP) is -1.52. The quantitative estimate of drug-likeness (QED) is 0.398. The molecule has 0 aliphatic carbocycles. The van der Waals surface area contributed by atoms with E-state index in [-0.39, 0.29) is 24.0 Å². The summed E-state index contributed by atoms with van der Waals surface area (Å²) in [6.07, 6.45) is 3.91. The molecule has 0 unspecified atom stereocenters. The number of aryl methyl sites for hydroxylation is 2. The molecule has 1 aromatic rings. The summed E-state index contributed by atoms with van der Waals surface area (Å²) >= 11 is 5.77. The average Bonchev–Trinajstić information content (AvgIpc) is 1.80. The van der Waals surface area contributed by atoms with E-state index in [1.807, 2.05) is 37.0 Å². The SMILES string of the molecule is Cc1c[n+](C)ccc1Cl.[I-]. The third-order valence-corrected chi connectivity index (χ3v) is 1.65. The summed E-state index contributed by atoms with van der Waals surface area (Å²) < 4.78 is 1.97. The lowest BCUT2D eigenvalue weighted by atomic mass is 10.3. The number of halogens is 2. The fraction of sp³-hybridized carbons (Fsp3) is 0.286. The van der Waals surface area contributed by atoms with Gasteiger partial charge in [0.2, 0.25) is 0 Å². The molecule has 0 aromatic carbocycles. The summed E-state index contributed by atoms with van der Waals surface area (Å²) in [5.41, 5.74) is 1.11. The van der Waals surface area contributed by atoms with Crippen LogP contribution < -0.4 is 28.5 Å². The van der Waals surface area contributed by atoms with Crippen LogP contribution in [0.1, 0.15) is 5.56 Å². The zero-order chi connectivity index (χ0) is 6.85. The Morgan fingerprint density at radius 2 is 2.10 bits per heavy atom. The first-order valence-electron chi connectivity index (χ1n) is 2.81. The van der Waals surface area contributed by atoms with Gasteiger partial charge in [-0.2, -0.15) is 0 Å². The minimum Gasteiger partial charge on any atom is -1.00 e. The molecule has 56 valence electrons. The fourth-order valence-corrected chi connectivity index (χ4v) is 0.830. The summed E-state index contributed by atoms with van der Waals surface area (Å²) in [6, 6.07) is 1.89. The second-order valence-electron chi connectivity index (χ2n) is 2.14. The highest BCUT2D eigenvalue weighted by atomic mass is 127. The first-order valence-corrected chi connectivity index (χ1v) is 3.19. The van der Waals surface area contributed by atoms with Crippen molar-refractivity contribution in [2.45, 2.75) is 6.92 Å². The monoisotopic (exact) mass is 269 g/mol. The smallest absolute Gasteiger partial charge is 0.172 e. The number of hydrogen-bond donors (Lipinski definition) is 0. The predicted molar refractivity (Wildman–Crippen MR) is 37.4 cm³/mol. The van der Waals surface area contributed by atoms with Gasteiger partial charge in [0, 0.05) is 11.6 Å². The first kappa shape index (κ1) is 10.2. The van der Waals surface area contributed by atoms with Crippen LogP contribution in [0.15, 0.2) is 18.5 Å². The van der Waals surface area contributed by atoms with Gasteiger partial charge in [0.25, 0.3) is 0 Å². The van der Waals surface area contributed by atoms with E-state index in [0.29, 0.717) is 0 Å². The maximum Gasteiger partial charge on any atom is 0.172 e. The van der Waals surface area contributed by atoms with Crippen LogP contribution in [-0.2, 0) is 7.05 Å². The van der Waals surface area contributed by atoms with E-state index in [1.165, 1.54) is 0 Å². The summed E-state index contributed by atoms with van der Waals surface area (Å²) in [5, 5.41) is 0.827. The van der Waals surface area contributed by atoms with Gasteiger partial charge >= 0.3 is 0 Å². The fourth-order valence-electron chi connectivity index (χ4n) is 0.725. The zero-order valence-electron chi connectivity index (χ0n) is 5.94. The van der Waals surface area contributed by atoms with E-state index < -0.39 is 0 Å². The van der Waals surface area contributed by atoms with Crippen LogP contribution in [-0.4, -0.2) is 0 Å². The minimum atomic E-state index is 0. The number of hydrogen-bond acceptors (Lipinski definition) is 0. The van der Waals surface area contributed by atoms with E-state index in [2.05, 4.69) is 0 Å². The van der Waals surface area contributed by atoms with Crippen LogP contribution in [0, 0.1) is 6.92 Å². The summed E-state index contributed by atoms with van der Waals surface area (Å²) in [6.45, 7) is 1.99. The van der Waals surface area contributed by atoms with Crippen molar-refractivity contribution >= 4 is 11.6 Å². The molecule has 0 bridgehead atoms. The molecule has 3 heteroatoms. The molecule has 0 saturated heterocycles. The van der Waals surface area contributed by atoms with Crippen molar-refractivity contribution in [1.29, 1.82) is 0 Å². The second-order valence-corrected chi connectivity index (χ2v) is 2.55. The van der Waals surface area contributed by atoms with E-state index in [4.69, 9.17) is 11.6 Å². The highest BCUT2D eigenvalue weighted by Gasteiger charge is 1.97. The highest BCUT2D eigenvalue weighted by molar-refractivity contribution is 6.31. The summed E-state index contributed by atoms with van der Waals surface area (Å²) in [4.78, 5) is 0. The van der Waals surface area contributed by atoms with Crippen molar-refractivity contribution in [1.82, 2.24) is 0 Å². The first-order chi connectivity index (χ1) is 4.20. The second kappa shape index (κ2) is 4.13. The molecular weight excluding hydrogens is 260 g/mol. The molecule has 0 aliphatic rings. The Labute approximate surface area is 83.0 Å². The van der Waals surface area contributed by atoms with Gasteiger partial charge in [0.15, 0.2) is 12.4 Å². The van der Waals surface area contributed by atoms with Gasteiger partial charge in [-0.25, -0.2) is 4.57 Å². The molecule has 0 saturated carbocycles. The molecule has 0 amide bonds. The largest absolute Gasteiger partial charge is 1.00 e.